The molecule has 2 heterocycles. The van der Waals surface area contributed by atoms with E-state index in [1.54, 1.807) is 18.3 Å². The molecule has 0 aliphatic heterocycles. The SMILES string of the molecule is CN(Cc1ccc(BO)cn1)c1ccc(C(=O)Nc2ccc(F)cc2)cn1. The molecule has 0 saturated heterocycles. The molecule has 6 nitrogen and oxygen atoms in total. The number of anilines is 2. The van der Waals surface area contributed by atoms with Gasteiger partial charge in [0.15, 0.2) is 0 Å². The molecule has 0 saturated carbocycles. The van der Waals surface area contributed by atoms with Crippen LogP contribution in [0.25, 0.3) is 0 Å². The number of hydrogen-bond acceptors (Lipinski definition) is 5. The molecule has 0 radical (unpaired) electrons. The van der Waals surface area contributed by atoms with Gasteiger partial charge in [0.2, 0.25) is 0 Å². The molecular weight excluding hydrogens is 346 g/mol. The van der Waals surface area contributed by atoms with E-state index in [1.165, 1.54) is 30.5 Å². The number of nitrogens with zero attached hydrogens (tertiary/aromatic N) is 3. The number of benzene rings is 1. The van der Waals surface area contributed by atoms with Crippen LogP contribution in [-0.2, 0) is 6.54 Å². The Morgan fingerprint density at radius 2 is 1.89 bits per heavy atom. The fourth-order valence-corrected chi connectivity index (χ4v) is 2.45. The molecule has 27 heavy (non-hydrogen) atoms. The number of nitrogens with one attached hydrogen (secondary N) is 1. The number of carbonyl (C=O) groups is 1. The fourth-order valence-electron chi connectivity index (χ4n) is 2.45. The van der Waals surface area contributed by atoms with Crippen molar-refractivity contribution >= 4 is 30.4 Å². The molecule has 0 aliphatic carbocycles. The number of amides is 1. The number of halogens is 1. The molecule has 0 atom stereocenters. The number of pyridine rings is 2. The minimum Gasteiger partial charge on any atom is -0.449 e. The Kier molecular flexibility index (Phi) is 5.78. The molecule has 3 aromatic rings. The smallest absolute Gasteiger partial charge is 0.306 e. The predicted octanol–water partition coefficient (Wildman–Crippen LogP) is 1.47. The number of hydrogen-bond donors (Lipinski definition) is 2. The first-order valence-electron chi connectivity index (χ1n) is 8.34. The van der Waals surface area contributed by atoms with E-state index in [2.05, 4.69) is 15.3 Å². The van der Waals surface area contributed by atoms with Crippen LogP contribution in [0.15, 0.2) is 60.9 Å². The van der Waals surface area contributed by atoms with Gasteiger partial charge in [0, 0.05) is 25.1 Å². The van der Waals surface area contributed by atoms with E-state index in [9.17, 15) is 9.18 Å². The number of carbonyl (C=O) groups excluding carboxylic acids is 1. The van der Waals surface area contributed by atoms with Crippen LogP contribution in [0.5, 0.6) is 0 Å². The molecule has 0 bridgehead atoms. The van der Waals surface area contributed by atoms with Crippen LogP contribution >= 0.6 is 0 Å². The summed E-state index contributed by atoms with van der Waals surface area (Å²) in [5.74, 6) is 0.0217. The lowest BCUT2D eigenvalue weighted by molar-refractivity contribution is 0.102. The predicted molar refractivity (Wildman–Crippen MR) is 104 cm³/mol. The second-order valence-electron chi connectivity index (χ2n) is 6.04. The molecule has 136 valence electrons. The molecule has 3 rings (SSSR count). The van der Waals surface area contributed by atoms with Gasteiger partial charge in [-0.05, 0) is 47.9 Å². The van der Waals surface area contributed by atoms with Crippen molar-refractivity contribution in [2.75, 3.05) is 17.3 Å². The molecule has 0 fully saturated rings. The Balaban J connectivity index is 1.63. The van der Waals surface area contributed by atoms with E-state index >= 15 is 0 Å². The highest BCUT2D eigenvalue weighted by Crippen LogP contribution is 2.14. The third-order valence-corrected chi connectivity index (χ3v) is 3.97. The fraction of sp³-hybridized carbons (Fsp3) is 0.105. The molecule has 0 unspecified atom stereocenters. The largest absolute Gasteiger partial charge is 0.449 e. The van der Waals surface area contributed by atoms with Gasteiger partial charge in [0.05, 0.1) is 17.8 Å². The lowest BCUT2D eigenvalue weighted by Crippen LogP contribution is -2.21. The van der Waals surface area contributed by atoms with Crippen LogP contribution in [0.3, 0.4) is 0 Å². The van der Waals surface area contributed by atoms with Gasteiger partial charge in [-0.1, -0.05) is 6.07 Å². The van der Waals surface area contributed by atoms with Gasteiger partial charge in [-0.15, -0.1) is 0 Å². The summed E-state index contributed by atoms with van der Waals surface area (Å²) in [6.07, 6.45) is 3.13. The lowest BCUT2D eigenvalue weighted by atomic mass is 9.91. The summed E-state index contributed by atoms with van der Waals surface area (Å²) < 4.78 is 12.9. The molecule has 0 aliphatic rings. The Morgan fingerprint density at radius 1 is 1.11 bits per heavy atom. The Bertz CT molecular complexity index is 903. The maximum absolute atomic E-state index is 12.9. The first kappa shape index (κ1) is 18.5. The summed E-state index contributed by atoms with van der Waals surface area (Å²) in [6, 6.07) is 12.7. The quantitative estimate of drug-likeness (QED) is 0.648. The highest BCUT2D eigenvalue weighted by atomic mass is 19.1. The van der Waals surface area contributed by atoms with Gasteiger partial charge in [0.1, 0.15) is 11.6 Å². The highest BCUT2D eigenvalue weighted by Gasteiger charge is 2.09. The third-order valence-electron chi connectivity index (χ3n) is 3.97. The van der Waals surface area contributed by atoms with Crippen molar-refractivity contribution in [3.05, 3.63) is 78.0 Å². The summed E-state index contributed by atoms with van der Waals surface area (Å²) >= 11 is 0. The highest BCUT2D eigenvalue weighted by molar-refractivity contribution is 6.45. The Labute approximate surface area is 157 Å². The van der Waals surface area contributed by atoms with Crippen molar-refractivity contribution in [1.82, 2.24) is 9.97 Å². The maximum Gasteiger partial charge on any atom is 0.306 e. The van der Waals surface area contributed by atoms with Gasteiger partial charge in [-0.2, -0.15) is 0 Å². The molecule has 2 aromatic heterocycles. The van der Waals surface area contributed by atoms with Crippen molar-refractivity contribution in [3.8, 4) is 0 Å². The van der Waals surface area contributed by atoms with E-state index < -0.39 is 0 Å². The Morgan fingerprint density at radius 3 is 2.48 bits per heavy atom. The van der Waals surface area contributed by atoms with Gasteiger partial charge in [-0.3, -0.25) is 9.78 Å². The summed E-state index contributed by atoms with van der Waals surface area (Å²) in [5.41, 5.74) is 2.52. The molecule has 1 aromatic carbocycles. The van der Waals surface area contributed by atoms with Crippen LogP contribution in [0.4, 0.5) is 15.9 Å². The van der Waals surface area contributed by atoms with E-state index in [4.69, 9.17) is 5.02 Å². The second-order valence-corrected chi connectivity index (χ2v) is 6.04. The van der Waals surface area contributed by atoms with E-state index in [0.717, 1.165) is 11.2 Å². The van der Waals surface area contributed by atoms with Crippen molar-refractivity contribution < 1.29 is 14.2 Å². The molecule has 2 N–H and O–H groups in total. The first-order chi connectivity index (χ1) is 13.0. The van der Waals surface area contributed by atoms with E-state index in [0.29, 0.717) is 23.6 Å². The summed E-state index contributed by atoms with van der Waals surface area (Å²) in [4.78, 5) is 22.8. The standard InChI is InChI=1S/C19H18BFN4O2/c1-25(12-17-6-3-14(20-27)11-22-17)18-9-2-13(10-23-18)19(26)24-16-7-4-15(21)5-8-16/h2-11,20,27H,12H2,1H3,(H,24,26). The van der Waals surface area contributed by atoms with Gasteiger partial charge < -0.3 is 15.2 Å². The topological polar surface area (TPSA) is 78.3 Å². The maximum atomic E-state index is 12.9. The minimum atomic E-state index is -0.359. The van der Waals surface area contributed by atoms with Crippen molar-refractivity contribution in [2.24, 2.45) is 0 Å². The van der Waals surface area contributed by atoms with Crippen molar-refractivity contribution in [1.29, 1.82) is 0 Å². The summed E-state index contributed by atoms with van der Waals surface area (Å²) in [7, 11) is 1.84. The van der Waals surface area contributed by atoms with Crippen LogP contribution < -0.4 is 15.7 Å². The van der Waals surface area contributed by atoms with E-state index in [1.807, 2.05) is 24.1 Å². The monoisotopic (exact) mass is 364 g/mol. The first-order valence-corrected chi connectivity index (χ1v) is 8.34. The van der Waals surface area contributed by atoms with Gasteiger partial charge >= 0.3 is 7.48 Å². The number of aromatic nitrogens is 2. The molecule has 8 heteroatoms. The van der Waals surface area contributed by atoms with Gasteiger partial charge in [-0.25, -0.2) is 9.37 Å². The van der Waals surface area contributed by atoms with Crippen LogP contribution in [0, 0.1) is 5.82 Å². The molecule has 1 amide bonds. The molecule has 0 spiro atoms. The minimum absolute atomic E-state index is 0.0356. The van der Waals surface area contributed by atoms with Crippen molar-refractivity contribution in [2.45, 2.75) is 6.54 Å². The average molecular weight is 364 g/mol. The third kappa shape index (κ3) is 4.89. The summed E-state index contributed by atoms with van der Waals surface area (Å²) in [5, 5.41) is 11.7. The lowest BCUT2D eigenvalue weighted by Gasteiger charge is -2.18. The van der Waals surface area contributed by atoms with Crippen LogP contribution in [0.2, 0.25) is 0 Å². The van der Waals surface area contributed by atoms with Crippen LogP contribution in [-0.4, -0.2) is 35.4 Å². The number of rotatable bonds is 6. The average Bonchev–Trinajstić information content (AvgIpc) is 2.70. The zero-order chi connectivity index (χ0) is 19.2. The molecular formula is C19H18BFN4O2. The van der Waals surface area contributed by atoms with E-state index in [-0.39, 0.29) is 19.2 Å². The normalized spacial score (nSPS) is 10.3. The zero-order valence-electron chi connectivity index (χ0n) is 14.8. The summed E-state index contributed by atoms with van der Waals surface area (Å²) in [6.45, 7) is 0.541. The van der Waals surface area contributed by atoms with Crippen LogP contribution in [0.1, 0.15) is 16.1 Å². The second kappa shape index (κ2) is 8.42. The van der Waals surface area contributed by atoms with Gasteiger partial charge in [0.25, 0.3) is 5.91 Å². The Hall–Kier alpha value is -3.26. The van der Waals surface area contributed by atoms with Crippen molar-refractivity contribution in [3.63, 3.8) is 0 Å². The zero-order valence-corrected chi connectivity index (χ0v) is 14.8.